The van der Waals surface area contributed by atoms with E-state index in [0.29, 0.717) is 5.69 Å². The zero-order valence-electron chi connectivity index (χ0n) is 6.94. The lowest BCUT2D eigenvalue weighted by molar-refractivity contribution is 0.266. The largest absolute Gasteiger partial charge is 0.394 e. The van der Waals surface area contributed by atoms with E-state index in [1.807, 2.05) is 6.07 Å². The molecule has 0 radical (unpaired) electrons. The van der Waals surface area contributed by atoms with E-state index in [-0.39, 0.29) is 6.61 Å². The van der Waals surface area contributed by atoms with Crippen molar-refractivity contribution in [3.63, 3.8) is 0 Å². The number of aliphatic hydroxyl groups excluding tert-OH is 1. The van der Waals surface area contributed by atoms with E-state index in [1.165, 1.54) is 0 Å². The summed E-state index contributed by atoms with van der Waals surface area (Å²) < 4.78 is 0. The Morgan fingerprint density at radius 3 is 3.23 bits per heavy atom. The molecule has 68 valence electrons. The Bertz CT molecular complexity index is 411. The average Bonchev–Trinajstić information content (AvgIpc) is 2.60. The Labute approximate surface area is 74.6 Å². The van der Waals surface area contributed by atoms with E-state index in [2.05, 4.69) is 15.2 Å². The van der Waals surface area contributed by atoms with Crippen LogP contribution in [0.15, 0.2) is 18.3 Å². The topological polar surface area (TPSA) is 87.8 Å². The van der Waals surface area contributed by atoms with Crippen molar-refractivity contribution in [2.45, 2.75) is 6.04 Å². The minimum atomic E-state index is -0.445. The lowest BCUT2D eigenvalue weighted by Gasteiger charge is -2.03. The van der Waals surface area contributed by atoms with Gasteiger partial charge in [-0.15, -0.1) is 0 Å². The fourth-order valence-electron chi connectivity index (χ4n) is 1.22. The second-order valence-electron chi connectivity index (χ2n) is 2.80. The van der Waals surface area contributed by atoms with Crippen molar-refractivity contribution in [2.75, 3.05) is 6.61 Å². The Morgan fingerprint density at radius 2 is 2.46 bits per heavy atom. The summed E-state index contributed by atoms with van der Waals surface area (Å²) in [5.41, 5.74) is 7.81. The first-order valence-electron chi connectivity index (χ1n) is 3.98. The van der Waals surface area contributed by atoms with Crippen molar-refractivity contribution in [1.82, 2.24) is 15.2 Å². The quantitative estimate of drug-likeness (QED) is 0.601. The number of fused-ring (bicyclic) bond motifs is 1. The number of aromatic nitrogens is 3. The molecule has 0 aliphatic carbocycles. The molecule has 13 heavy (non-hydrogen) atoms. The number of aliphatic hydroxyl groups is 1. The van der Waals surface area contributed by atoms with Gasteiger partial charge in [-0.05, 0) is 12.1 Å². The van der Waals surface area contributed by atoms with Gasteiger partial charge in [-0.1, -0.05) is 0 Å². The average molecular weight is 178 g/mol. The molecule has 0 saturated heterocycles. The smallest absolute Gasteiger partial charge is 0.113 e. The summed E-state index contributed by atoms with van der Waals surface area (Å²) in [6, 6.07) is 3.20. The van der Waals surface area contributed by atoms with Crippen molar-refractivity contribution < 1.29 is 5.11 Å². The van der Waals surface area contributed by atoms with E-state index >= 15 is 0 Å². The number of pyridine rings is 1. The molecule has 0 bridgehead atoms. The van der Waals surface area contributed by atoms with Crippen molar-refractivity contribution in [2.24, 2.45) is 5.73 Å². The highest BCUT2D eigenvalue weighted by atomic mass is 16.3. The molecule has 4 N–H and O–H groups in total. The zero-order valence-corrected chi connectivity index (χ0v) is 6.94. The monoisotopic (exact) mass is 178 g/mol. The van der Waals surface area contributed by atoms with Gasteiger partial charge in [0.05, 0.1) is 18.3 Å². The Kier molecular flexibility index (Phi) is 1.96. The van der Waals surface area contributed by atoms with Gasteiger partial charge in [0.25, 0.3) is 0 Å². The van der Waals surface area contributed by atoms with E-state index in [0.717, 1.165) is 11.0 Å². The van der Waals surface area contributed by atoms with Gasteiger partial charge in [-0.3, -0.25) is 10.1 Å². The lowest BCUT2D eigenvalue weighted by Crippen LogP contribution is -2.15. The summed E-state index contributed by atoms with van der Waals surface area (Å²) in [6.45, 7) is -0.117. The van der Waals surface area contributed by atoms with Crippen LogP contribution in [-0.4, -0.2) is 26.9 Å². The minimum Gasteiger partial charge on any atom is -0.394 e. The summed E-state index contributed by atoms with van der Waals surface area (Å²) in [4.78, 5) is 4.13. The molecule has 0 saturated carbocycles. The van der Waals surface area contributed by atoms with Gasteiger partial charge in [-0.25, -0.2) is 0 Å². The molecular formula is C8H10N4O. The fraction of sp³-hybridized carbons (Fsp3) is 0.250. The molecule has 0 aliphatic rings. The van der Waals surface area contributed by atoms with Crippen LogP contribution in [0, 0.1) is 0 Å². The summed E-state index contributed by atoms with van der Waals surface area (Å²) in [7, 11) is 0. The summed E-state index contributed by atoms with van der Waals surface area (Å²) in [5, 5.41) is 15.6. The molecular weight excluding hydrogens is 168 g/mol. The number of H-pyrrole nitrogens is 1. The van der Waals surface area contributed by atoms with Crippen molar-refractivity contribution in [3.8, 4) is 0 Å². The second kappa shape index (κ2) is 3.12. The van der Waals surface area contributed by atoms with Crippen LogP contribution in [0.1, 0.15) is 11.7 Å². The predicted octanol–water partition coefficient (Wildman–Crippen LogP) is -0.0500. The molecule has 2 heterocycles. The van der Waals surface area contributed by atoms with Crippen LogP contribution in [0.25, 0.3) is 11.0 Å². The molecule has 2 rings (SSSR count). The molecule has 2 aromatic rings. The van der Waals surface area contributed by atoms with Crippen LogP contribution in [0.4, 0.5) is 0 Å². The first-order chi connectivity index (χ1) is 6.33. The zero-order chi connectivity index (χ0) is 9.26. The molecule has 5 heteroatoms. The van der Waals surface area contributed by atoms with Gasteiger partial charge >= 0.3 is 0 Å². The third kappa shape index (κ3) is 1.28. The van der Waals surface area contributed by atoms with E-state index in [4.69, 9.17) is 10.8 Å². The SMILES string of the molecule is NC(CO)c1[nH]nc2cccnc12. The Balaban J connectivity index is 2.57. The minimum absolute atomic E-state index is 0.117. The molecule has 5 nitrogen and oxygen atoms in total. The lowest BCUT2D eigenvalue weighted by atomic mass is 10.2. The normalized spacial score (nSPS) is 13.4. The standard InChI is InChI=1S/C8H10N4O/c9-5(4-13)7-8-6(11-12-7)2-1-3-10-8/h1-3,5,13H,4,9H2,(H,11,12). The fourth-order valence-corrected chi connectivity index (χ4v) is 1.22. The molecule has 0 aromatic carbocycles. The van der Waals surface area contributed by atoms with Crippen LogP contribution in [0.2, 0.25) is 0 Å². The molecule has 0 aliphatic heterocycles. The number of hydrogen-bond acceptors (Lipinski definition) is 4. The number of hydrogen-bond donors (Lipinski definition) is 3. The highest BCUT2D eigenvalue weighted by molar-refractivity contribution is 5.76. The molecule has 1 unspecified atom stereocenters. The van der Waals surface area contributed by atoms with Crippen LogP contribution < -0.4 is 5.73 Å². The van der Waals surface area contributed by atoms with Crippen LogP contribution in [0.3, 0.4) is 0 Å². The van der Waals surface area contributed by atoms with Crippen molar-refractivity contribution in [3.05, 3.63) is 24.0 Å². The third-order valence-electron chi connectivity index (χ3n) is 1.91. The highest BCUT2D eigenvalue weighted by Crippen LogP contribution is 2.16. The molecule has 0 amide bonds. The summed E-state index contributed by atoms with van der Waals surface area (Å²) in [6.07, 6.45) is 1.67. The van der Waals surface area contributed by atoms with Gasteiger partial charge in [-0.2, -0.15) is 5.10 Å². The maximum Gasteiger partial charge on any atom is 0.113 e. The van der Waals surface area contributed by atoms with Crippen LogP contribution >= 0.6 is 0 Å². The highest BCUT2D eigenvalue weighted by Gasteiger charge is 2.12. The number of nitrogens with two attached hydrogens (primary N) is 1. The van der Waals surface area contributed by atoms with Gasteiger partial charge in [0, 0.05) is 6.20 Å². The Hall–Kier alpha value is -1.46. The Morgan fingerprint density at radius 1 is 1.62 bits per heavy atom. The van der Waals surface area contributed by atoms with Crippen LogP contribution in [0.5, 0.6) is 0 Å². The number of nitrogens with one attached hydrogen (secondary N) is 1. The van der Waals surface area contributed by atoms with Crippen LogP contribution in [-0.2, 0) is 0 Å². The molecule has 1 atom stereocenters. The van der Waals surface area contributed by atoms with Gasteiger partial charge in [0.15, 0.2) is 0 Å². The maximum absolute atomic E-state index is 8.87. The molecule has 0 fully saturated rings. The number of rotatable bonds is 2. The first kappa shape index (κ1) is 8.15. The van der Waals surface area contributed by atoms with Gasteiger partial charge < -0.3 is 10.8 Å². The number of aromatic amines is 1. The first-order valence-corrected chi connectivity index (χ1v) is 3.98. The summed E-state index contributed by atoms with van der Waals surface area (Å²) in [5.74, 6) is 0. The summed E-state index contributed by atoms with van der Waals surface area (Å²) >= 11 is 0. The van der Waals surface area contributed by atoms with Crippen molar-refractivity contribution >= 4 is 11.0 Å². The van der Waals surface area contributed by atoms with E-state index in [9.17, 15) is 0 Å². The van der Waals surface area contributed by atoms with E-state index in [1.54, 1.807) is 12.3 Å². The maximum atomic E-state index is 8.87. The van der Waals surface area contributed by atoms with Crippen molar-refractivity contribution in [1.29, 1.82) is 0 Å². The molecule has 0 spiro atoms. The van der Waals surface area contributed by atoms with Gasteiger partial charge in [0.2, 0.25) is 0 Å². The second-order valence-corrected chi connectivity index (χ2v) is 2.80. The predicted molar refractivity (Wildman–Crippen MR) is 47.9 cm³/mol. The third-order valence-corrected chi connectivity index (χ3v) is 1.91. The van der Waals surface area contributed by atoms with Gasteiger partial charge in [0.1, 0.15) is 11.0 Å². The van der Waals surface area contributed by atoms with E-state index < -0.39 is 6.04 Å². The molecule has 2 aromatic heterocycles. The number of nitrogens with zero attached hydrogens (tertiary/aromatic N) is 2.